The zero-order valence-corrected chi connectivity index (χ0v) is 9.60. The van der Waals surface area contributed by atoms with E-state index < -0.39 is 0 Å². The van der Waals surface area contributed by atoms with Crippen LogP contribution >= 0.6 is 0 Å². The van der Waals surface area contributed by atoms with Crippen molar-refractivity contribution >= 4 is 0 Å². The van der Waals surface area contributed by atoms with Crippen LogP contribution in [0.4, 0.5) is 0 Å². The van der Waals surface area contributed by atoms with Gasteiger partial charge in [-0.1, -0.05) is 26.2 Å². The predicted octanol–water partition coefficient (Wildman–Crippen LogP) is 3.33. The molecule has 82 valence electrons. The zero-order valence-electron chi connectivity index (χ0n) is 9.60. The van der Waals surface area contributed by atoms with Crippen LogP contribution in [0, 0.1) is 17.3 Å². The molecule has 0 aromatic carbocycles. The van der Waals surface area contributed by atoms with Crippen molar-refractivity contribution in [2.75, 3.05) is 6.54 Å². The highest BCUT2D eigenvalue weighted by Crippen LogP contribution is 2.54. The van der Waals surface area contributed by atoms with Crippen LogP contribution < -0.4 is 5.73 Å². The first kappa shape index (κ1) is 10.5. The lowest BCUT2D eigenvalue weighted by molar-refractivity contribution is 0.0120. The lowest BCUT2D eigenvalue weighted by atomic mass is 9.55. The van der Waals surface area contributed by atoms with Gasteiger partial charge >= 0.3 is 0 Å². The molecule has 2 rings (SSSR count). The van der Waals surface area contributed by atoms with Gasteiger partial charge in [0.15, 0.2) is 0 Å². The normalized spacial score (nSPS) is 36.4. The number of hydrogen-bond acceptors (Lipinski definition) is 1. The van der Waals surface area contributed by atoms with Crippen LogP contribution in [0.15, 0.2) is 0 Å². The fourth-order valence-corrected chi connectivity index (χ4v) is 3.65. The van der Waals surface area contributed by atoms with Crippen LogP contribution in [0.25, 0.3) is 0 Å². The minimum absolute atomic E-state index is 0.703. The molecule has 0 amide bonds. The van der Waals surface area contributed by atoms with Gasteiger partial charge in [-0.3, -0.25) is 0 Å². The fourth-order valence-electron chi connectivity index (χ4n) is 3.65. The molecule has 1 nitrogen and oxygen atoms in total. The van der Waals surface area contributed by atoms with E-state index in [2.05, 4.69) is 6.92 Å². The van der Waals surface area contributed by atoms with Crippen LogP contribution in [0.1, 0.15) is 58.3 Å². The summed E-state index contributed by atoms with van der Waals surface area (Å²) >= 11 is 0. The maximum Gasteiger partial charge on any atom is -0.00719 e. The van der Waals surface area contributed by atoms with Gasteiger partial charge in [0.05, 0.1) is 0 Å². The molecule has 2 saturated carbocycles. The summed E-state index contributed by atoms with van der Waals surface area (Å²) < 4.78 is 0. The van der Waals surface area contributed by atoms with Crippen LogP contribution in [0.5, 0.6) is 0 Å². The van der Waals surface area contributed by atoms with Gasteiger partial charge < -0.3 is 5.73 Å². The average molecular weight is 195 g/mol. The molecule has 0 heterocycles. The highest BCUT2D eigenvalue weighted by atomic mass is 14.6. The topological polar surface area (TPSA) is 26.0 Å². The van der Waals surface area contributed by atoms with Gasteiger partial charge in [0.1, 0.15) is 0 Å². The Bertz CT molecular complexity index is 176. The van der Waals surface area contributed by atoms with Crippen molar-refractivity contribution in [3.05, 3.63) is 0 Å². The fraction of sp³-hybridized carbons (Fsp3) is 1.00. The maximum absolute atomic E-state index is 5.76. The molecule has 0 atom stereocenters. The standard InChI is InChI=1S/C13H25N/c1-11-3-5-12(6-4-11)13(9-10-14)7-2-8-13/h11-12H,2-10,14H2,1H3. The van der Waals surface area contributed by atoms with Crippen LogP contribution in [-0.4, -0.2) is 6.54 Å². The Hall–Kier alpha value is -0.0400. The van der Waals surface area contributed by atoms with E-state index in [-0.39, 0.29) is 0 Å². The lowest BCUT2D eigenvalue weighted by Crippen LogP contribution is -2.40. The molecule has 2 N–H and O–H groups in total. The average Bonchev–Trinajstić information content (AvgIpc) is 2.13. The summed E-state index contributed by atoms with van der Waals surface area (Å²) in [4.78, 5) is 0. The summed E-state index contributed by atoms with van der Waals surface area (Å²) in [5.41, 5.74) is 6.46. The molecule has 0 bridgehead atoms. The molecule has 0 radical (unpaired) electrons. The molecular weight excluding hydrogens is 170 g/mol. The van der Waals surface area contributed by atoms with Crippen molar-refractivity contribution in [2.45, 2.75) is 58.3 Å². The molecule has 2 fully saturated rings. The summed E-state index contributed by atoms with van der Waals surface area (Å²) in [5.74, 6) is 2.01. The van der Waals surface area contributed by atoms with E-state index in [1.54, 1.807) is 0 Å². The van der Waals surface area contributed by atoms with E-state index >= 15 is 0 Å². The van der Waals surface area contributed by atoms with Gasteiger partial charge in [0.25, 0.3) is 0 Å². The highest BCUT2D eigenvalue weighted by Gasteiger charge is 2.43. The molecule has 0 spiro atoms. The summed E-state index contributed by atoms with van der Waals surface area (Å²) in [6.45, 7) is 3.32. The van der Waals surface area contributed by atoms with Crippen molar-refractivity contribution in [1.82, 2.24) is 0 Å². The van der Waals surface area contributed by atoms with Crippen molar-refractivity contribution in [3.8, 4) is 0 Å². The van der Waals surface area contributed by atoms with E-state index in [0.717, 1.165) is 18.4 Å². The molecule has 2 aliphatic carbocycles. The van der Waals surface area contributed by atoms with Gasteiger partial charge in [-0.2, -0.15) is 0 Å². The Balaban J connectivity index is 1.91. The predicted molar refractivity (Wildman–Crippen MR) is 61.1 cm³/mol. The van der Waals surface area contributed by atoms with Crippen LogP contribution in [0.3, 0.4) is 0 Å². The minimum atomic E-state index is 0.703. The molecule has 1 heteroatoms. The Morgan fingerprint density at radius 1 is 1.14 bits per heavy atom. The molecule has 0 aromatic rings. The Kier molecular flexibility index (Phi) is 3.16. The van der Waals surface area contributed by atoms with Gasteiger partial charge in [-0.15, -0.1) is 0 Å². The number of rotatable bonds is 3. The van der Waals surface area contributed by atoms with E-state index in [4.69, 9.17) is 5.73 Å². The van der Waals surface area contributed by atoms with Gasteiger partial charge in [0, 0.05) is 0 Å². The largest absolute Gasteiger partial charge is 0.330 e. The lowest BCUT2D eigenvalue weighted by Gasteiger charge is -2.50. The Labute approximate surface area is 88.4 Å². The Morgan fingerprint density at radius 3 is 2.21 bits per heavy atom. The molecule has 0 aromatic heterocycles. The molecule has 2 aliphatic rings. The zero-order chi connectivity index (χ0) is 10.0. The molecule has 0 unspecified atom stereocenters. The first-order valence-electron chi connectivity index (χ1n) is 6.47. The number of nitrogens with two attached hydrogens (primary N) is 1. The van der Waals surface area contributed by atoms with E-state index in [1.807, 2.05) is 0 Å². The minimum Gasteiger partial charge on any atom is -0.330 e. The maximum atomic E-state index is 5.76. The van der Waals surface area contributed by atoms with Crippen molar-refractivity contribution in [3.63, 3.8) is 0 Å². The monoisotopic (exact) mass is 195 g/mol. The third kappa shape index (κ3) is 1.84. The van der Waals surface area contributed by atoms with Gasteiger partial charge in [0.2, 0.25) is 0 Å². The molecule has 0 aliphatic heterocycles. The summed E-state index contributed by atoms with van der Waals surface area (Å²) in [6, 6.07) is 0. The van der Waals surface area contributed by atoms with Crippen molar-refractivity contribution < 1.29 is 0 Å². The third-order valence-electron chi connectivity index (χ3n) is 4.87. The third-order valence-corrected chi connectivity index (χ3v) is 4.87. The molecule has 14 heavy (non-hydrogen) atoms. The number of hydrogen-bond donors (Lipinski definition) is 1. The van der Waals surface area contributed by atoms with E-state index in [0.29, 0.717) is 5.41 Å². The quantitative estimate of drug-likeness (QED) is 0.734. The smallest absolute Gasteiger partial charge is 0.00719 e. The van der Waals surface area contributed by atoms with E-state index in [1.165, 1.54) is 51.4 Å². The van der Waals surface area contributed by atoms with E-state index in [9.17, 15) is 0 Å². The van der Waals surface area contributed by atoms with Gasteiger partial charge in [-0.05, 0) is 55.9 Å². The summed E-state index contributed by atoms with van der Waals surface area (Å²) in [7, 11) is 0. The summed E-state index contributed by atoms with van der Waals surface area (Å²) in [6.07, 6.45) is 11.6. The van der Waals surface area contributed by atoms with Gasteiger partial charge in [-0.25, -0.2) is 0 Å². The molecule has 0 saturated heterocycles. The first-order chi connectivity index (χ1) is 6.77. The molecular formula is C13H25N. The second kappa shape index (κ2) is 4.22. The second-order valence-electron chi connectivity index (χ2n) is 5.71. The van der Waals surface area contributed by atoms with Crippen LogP contribution in [0.2, 0.25) is 0 Å². The van der Waals surface area contributed by atoms with Crippen molar-refractivity contribution in [2.24, 2.45) is 23.0 Å². The van der Waals surface area contributed by atoms with Crippen molar-refractivity contribution in [1.29, 1.82) is 0 Å². The highest BCUT2D eigenvalue weighted by molar-refractivity contribution is 4.94. The summed E-state index contributed by atoms with van der Waals surface area (Å²) in [5, 5.41) is 0. The SMILES string of the molecule is CC1CCC(C2(CCN)CCC2)CC1. The Morgan fingerprint density at radius 2 is 1.79 bits per heavy atom. The second-order valence-corrected chi connectivity index (χ2v) is 5.71. The first-order valence-corrected chi connectivity index (χ1v) is 6.47. The van der Waals surface area contributed by atoms with Crippen LogP contribution in [-0.2, 0) is 0 Å².